The molecule has 0 spiro atoms. The lowest BCUT2D eigenvalue weighted by molar-refractivity contribution is -0.345. The summed E-state index contributed by atoms with van der Waals surface area (Å²) in [7, 11) is 0. The Morgan fingerprint density at radius 2 is 1.03 bits per heavy atom. The topological polar surface area (TPSA) is 25.3 Å². The van der Waals surface area contributed by atoms with Crippen LogP contribution in [0.2, 0.25) is 0 Å². The maximum atomic E-state index is 11.8. The molecule has 0 saturated carbocycles. The maximum absolute atomic E-state index is 11.8. The summed E-state index contributed by atoms with van der Waals surface area (Å²) in [4.78, 5) is 0. The molecule has 3 rings (SSSR count). The van der Waals surface area contributed by atoms with Crippen LogP contribution in [0.1, 0.15) is 140 Å². The Hall–Kier alpha value is -2.48. The first-order valence-corrected chi connectivity index (χ1v) is 15.8. The molecule has 2 nitrogen and oxygen atoms in total. The van der Waals surface area contributed by atoms with Gasteiger partial charge in [-0.1, -0.05) is 103 Å². The second-order valence-corrected chi connectivity index (χ2v) is 11.2. The normalized spacial score (nSPS) is 13.7. The Bertz CT molecular complexity index is 1070. The van der Waals surface area contributed by atoms with Crippen molar-refractivity contribution in [2.45, 2.75) is 130 Å². The van der Waals surface area contributed by atoms with Gasteiger partial charge >= 0.3 is 0 Å². The highest BCUT2D eigenvalue weighted by Crippen LogP contribution is 2.44. The van der Waals surface area contributed by atoms with Gasteiger partial charge in [0.15, 0.2) is 0 Å². The van der Waals surface area contributed by atoms with Crippen molar-refractivity contribution < 1.29 is 4.70 Å². The first kappa shape index (κ1) is 30.1. The molecule has 0 bridgehead atoms. The first-order valence-electron chi connectivity index (χ1n) is 15.8. The number of unbranched alkanes of at least 4 members (excludes halogenated alkanes) is 8. The molecule has 0 fully saturated rings. The summed E-state index contributed by atoms with van der Waals surface area (Å²) >= 11 is 0. The minimum atomic E-state index is 1.01. The van der Waals surface area contributed by atoms with E-state index < -0.39 is 0 Å². The van der Waals surface area contributed by atoms with E-state index in [1.807, 2.05) is 0 Å². The van der Waals surface area contributed by atoms with Gasteiger partial charge in [-0.3, -0.25) is 0 Å². The Balaban J connectivity index is 1.98. The van der Waals surface area contributed by atoms with Crippen molar-refractivity contribution in [3.8, 4) is 0 Å². The molecule has 2 aromatic carbocycles. The van der Waals surface area contributed by atoms with Gasteiger partial charge in [-0.25, -0.2) is 4.70 Å². The first-order chi connectivity index (χ1) is 18.6. The fraction of sp³-hybridized carbons (Fsp3) is 0.556. The fourth-order valence-electron chi connectivity index (χ4n) is 5.73. The molecular weight excluding hydrogens is 460 g/mol. The Kier molecular flexibility index (Phi) is 13.0. The molecule has 0 amide bonds. The van der Waals surface area contributed by atoms with Crippen molar-refractivity contribution >= 4 is 11.4 Å². The standard InChI is InChI=1S/C36H52N2/c1-5-9-13-16-19-30-20-17-21-32(28-30)36-34(23-15-11-7-3)33(22-12-8-4)35(38(36)37)31-26-24-29(25-27-31)18-14-10-6-2/h17,20-21,24-28H,5-16,18-19,22-23H2,1-4H3. The van der Waals surface area contributed by atoms with Crippen molar-refractivity contribution in [3.63, 3.8) is 0 Å². The van der Waals surface area contributed by atoms with Crippen LogP contribution in [0.4, 0.5) is 0 Å². The summed E-state index contributed by atoms with van der Waals surface area (Å²) in [6.45, 7) is 9.06. The Morgan fingerprint density at radius 3 is 1.68 bits per heavy atom. The highest BCUT2D eigenvalue weighted by molar-refractivity contribution is 5.82. The predicted molar refractivity (Wildman–Crippen MR) is 165 cm³/mol. The molecule has 0 aromatic heterocycles. The van der Waals surface area contributed by atoms with Crippen LogP contribution < -0.4 is 0 Å². The third-order valence-corrected chi connectivity index (χ3v) is 7.99. The second kappa shape index (κ2) is 16.5. The van der Waals surface area contributed by atoms with Crippen molar-refractivity contribution in [2.75, 3.05) is 0 Å². The van der Waals surface area contributed by atoms with Gasteiger partial charge in [0.05, 0.1) is 0 Å². The van der Waals surface area contributed by atoms with E-state index in [1.165, 1.54) is 86.5 Å². The fourth-order valence-corrected chi connectivity index (χ4v) is 5.73. The molecule has 0 atom stereocenters. The molecule has 0 radical (unpaired) electrons. The SMILES string of the molecule is CCCCCCc1cccc(C2=C(CCCCC)C(CCCC)=C(c3ccc(CCCCC)cc3)[N+]2=[N-])c1. The number of benzene rings is 2. The van der Waals surface area contributed by atoms with Crippen LogP contribution in [0.25, 0.3) is 16.9 Å². The van der Waals surface area contributed by atoms with Crippen LogP contribution in [0, 0.1) is 0 Å². The molecule has 38 heavy (non-hydrogen) atoms. The van der Waals surface area contributed by atoms with Gasteiger partial charge < -0.3 is 5.53 Å². The highest BCUT2D eigenvalue weighted by atomic mass is 15.2. The lowest BCUT2D eigenvalue weighted by Crippen LogP contribution is -2.03. The van der Waals surface area contributed by atoms with Crippen LogP contribution in [-0.4, -0.2) is 4.70 Å². The maximum Gasteiger partial charge on any atom is 0.211 e. The average Bonchev–Trinajstić information content (AvgIpc) is 3.21. The summed E-state index contributed by atoms with van der Waals surface area (Å²) in [6, 6.07) is 18.0. The van der Waals surface area contributed by atoms with Gasteiger partial charge in [0, 0.05) is 22.3 Å². The van der Waals surface area contributed by atoms with E-state index in [1.54, 1.807) is 4.70 Å². The predicted octanol–water partition coefficient (Wildman–Crippen LogP) is 11.5. The molecule has 1 heterocycles. The van der Waals surface area contributed by atoms with Gasteiger partial charge in [0.1, 0.15) is 0 Å². The molecule has 0 unspecified atom stereocenters. The number of aryl methyl sites for hydroxylation is 2. The van der Waals surface area contributed by atoms with Crippen LogP contribution >= 0.6 is 0 Å². The minimum Gasteiger partial charge on any atom is -0.493 e. The van der Waals surface area contributed by atoms with E-state index in [0.717, 1.165) is 61.0 Å². The van der Waals surface area contributed by atoms with Gasteiger partial charge in [-0.15, -0.1) is 0 Å². The molecule has 1 aliphatic heterocycles. The second-order valence-electron chi connectivity index (χ2n) is 11.2. The third-order valence-electron chi connectivity index (χ3n) is 7.99. The molecule has 206 valence electrons. The lowest BCUT2D eigenvalue weighted by atomic mass is 9.91. The van der Waals surface area contributed by atoms with Crippen molar-refractivity contribution in [3.05, 3.63) is 87.5 Å². The van der Waals surface area contributed by atoms with Crippen LogP contribution in [0.3, 0.4) is 0 Å². The van der Waals surface area contributed by atoms with Crippen molar-refractivity contribution in [1.29, 1.82) is 0 Å². The van der Waals surface area contributed by atoms with Gasteiger partial charge in [0.2, 0.25) is 11.4 Å². The monoisotopic (exact) mass is 512 g/mol. The summed E-state index contributed by atoms with van der Waals surface area (Å²) in [6.07, 6.45) is 19.1. The zero-order chi connectivity index (χ0) is 27.2. The van der Waals surface area contributed by atoms with Crippen LogP contribution in [-0.2, 0) is 12.8 Å². The minimum absolute atomic E-state index is 1.01. The van der Waals surface area contributed by atoms with Gasteiger partial charge in [-0.2, -0.15) is 0 Å². The number of allylic oxidation sites excluding steroid dienone is 2. The largest absolute Gasteiger partial charge is 0.493 e. The molecule has 2 aromatic rings. The van der Waals surface area contributed by atoms with E-state index in [-0.39, 0.29) is 0 Å². The molecular formula is C36H52N2. The molecule has 2 heteroatoms. The van der Waals surface area contributed by atoms with E-state index >= 15 is 0 Å². The highest BCUT2D eigenvalue weighted by Gasteiger charge is 2.35. The smallest absolute Gasteiger partial charge is 0.211 e. The molecule has 1 aliphatic rings. The summed E-state index contributed by atoms with van der Waals surface area (Å²) in [5, 5.41) is 0. The zero-order valence-electron chi connectivity index (χ0n) is 24.8. The number of nitrogens with zero attached hydrogens (tertiary/aromatic N) is 2. The van der Waals surface area contributed by atoms with E-state index in [4.69, 9.17) is 0 Å². The number of hydrogen-bond donors (Lipinski definition) is 0. The van der Waals surface area contributed by atoms with Crippen molar-refractivity contribution in [1.82, 2.24) is 0 Å². The Labute approximate surface area is 233 Å². The van der Waals surface area contributed by atoms with Gasteiger partial charge in [0.25, 0.3) is 0 Å². The number of hydrogen-bond acceptors (Lipinski definition) is 0. The van der Waals surface area contributed by atoms with Crippen LogP contribution in [0.15, 0.2) is 59.7 Å². The molecule has 0 saturated heterocycles. The quantitative estimate of drug-likeness (QED) is 0.140. The third kappa shape index (κ3) is 8.26. The summed E-state index contributed by atoms with van der Waals surface area (Å²) in [5.74, 6) is 0. The summed E-state index contributed by atoms with van der Waals surface area (Å²) < 4.78 is 1.55. The van der Waals surface area contributed by atoms with Crippen LogP contribution in [0.5, 0.6) is 0 Å². The van der Waals surface area contributed by atoms with E-state index in [0.29, 0.717) is 0 Å². The van der Waals surface area contributed by atoms with E-state index in [2.05, 4.69) is 76.2 Å². The van der Waals surface area contributed by atoms with E-state index in [9.17, 15) is 5.53 Å². The number of rotatable bonds is 18. The Morgan fingerprint density at radius 1 is 0.500 bits per heavy atom. The van der Waals surface area contributed by atoms with Crippen molar-refractivity contribution in [2.24, 2.45) is 0 Å². The van der Waals surface area contributed by atoms with Gasteiger partial charge in [-0.05, 0) is 86.8 Å². The lowest BCUT2D eigenvalue weighted by Gasteiger charge is -2.11. The zero-order valence-corrected chi connectivity index (χ0v) is 24.8. The summed E-state index contributed by atoms with van der Waals surface area (Å²) in [5.41, 5.74) is 21.7. The molecule has 0 N–H and O–H groups in total. The average molecular weight is 513 g/mol. The molecule has 0 aliphatic carbocycles.